The Balaban J connectivity index is 2.99. The molecule has 0 aromatic heterocycles. The van der Waals surface area contributed by atoms with Gasteiger partial charge in [0.2, 0.25) is 6.29 Å². The number of hydrogen-bond acceptors (Lipinski definition) is 2. The van der Waals surface area contributed by atoms with Gasteiger partial charge >= 0.3 is 5.97 Å². The summed E-state index contributed by atoms with van der Waals surface area (Å²) in [4.78, 5) is 20.7. The van der Waals surface area contributed by atoms with Gasteiger partial charge in [0.25, 0.3) is 0 Å². The van der Waals surface area contributed by atoms with E-state index < -0.39 is 17.7 Å². The fraction of sp³-hybridized carbons (Fsp3) is 0.111. The smallest absolute Gasteiger partial charge is 0.319 e. The van der Waals surface area contributed by atoms with Crippen LogP contribution in [-0.2, 0) is 9.59 Å². The Morgan fingerprint density at radius 3 is 2.31 bits per heavy atom. The molecule has 0 fully saturated rings. The molecule has 1 unspecified atom stereocenters. The highest BCUT2D eigenvalue weighted by molar-refractivity contribution is 5.93. The summed E-state index contributed by atoms with van der Waals surface area (Å²) in [5.41, 5.74) is 0.226. The van der Waals surface area contributed by atoms with Gasteiger partial charge in [-0.3, -0.25) is 9.59 Å². The summed E-state index contributed by atoms with van der Waals surface area (Å²) in [6.45, 7) is 0. The van der Waals surface area contributed by atoms with Crippen LogP contribution in [0.25, 0.3) is 0 Å². The van der Waals surface area contributed by atoms with E-state index in [0.717, 1.165) is 12.1 Å². The van der Waals surface area contributed by atoms with Crippen LogP contribution in [0.3, 0.4) is 0 Å². The topological polar surface area (TPSA) is 54.4 Å². The van der Waals surface area contributed by atoms with Gasteiger partial charge in [0.1, 0.15) is 11.7 Å². The first-order valence-electron chi connectivity index (χ1n) is 3.51. The van der Waals surface area contributed by atoms with E-state index in [4.69, 9.17) is 5.11 Å². The van der Waals surface area contributed by atoms with Gasteiger partial charge in [0.15, 0.2) is 0 Å². The Hall–Kier alpha value is -1.71. The van der Waals surface area contributed by atoms with E-state index in [1.165, 1.54) is 18.4 Å². The summed E-state index contributed by atoms with van der Waals surface area (Å²) >= 11 is 0. The van der Waals surface area contributed by atoms with E-state index in [0.29, 0.717) is 0 Å². The van der Waals surface area contributed by atoms with E-state index in [1.807, 2.05) is 0 Å². The SMILES string of the molecule is O=[C]C(C(=O)O)c1ccc(F)cc1. The monoisotopic (exact) mass is 181 g/mol. The number of halogens is 1. The first-order chi connectivity index (χ1) is 6.15. The Morgan fingerprint density at radius 1 is 1.38 bits per heavy atom. The van der Waals surface area contributed by atoms with Gasteiger partial charge in [-0.25, -0.2) is 4.39 Å². The van der Waals surface area contributed by atoms with E-state index >= 15 is 0 Å². The standard InChI is InChI=1S/C9H6FO3/c10-7-3-1-6(2-4-7)8(5-11)9(12)13/h1-4,8H,(H,12,13). The molecule has 0 spiro atoms. The number of carbonyl (C=O) groups is 1. The average Bonchev–Trinajstić information content (AvgIpc) is 2.09. The van der Waals surface area contributed by atoms with Crippen LogP contribution in [0.1, 0.15) is 11.5 Å². The number of hydrogen-bond donors (Lipinski definition) is 1. The molecule has 0 bridgehead atoms. The van der Waals surface area contributed by atoms with E-state index in [2.05, 4.69) is 0 Å². The lowest BCUT2D eigenvalue weighted by Gasteiger charge is -2.02. The van der Waals surface area contributed by atoms with Gasteiger partial charge in [-0.05, 0) is 17.7 Å². The van der Waals surface area contributed by atoms with Crippen LogP contribution in [0.15, 0.2) is 24.3 Å². The molecule has 13 heavy (non-hydrogen) atoms. The van der Waals surface area contributed by atoms with Crippen molar-refractivity contribution in [2.24, 2.45) is 0 Å². The molecule has 0 aliphatic heterocycles. The number of carbonyl (C=O) groups excluding carboxylic acids is 1. The molecular weight excluding hydrogens is 175 g/mol. The summed E-state index contributed by atoms with van der Waals surface area (Å²) in [6, 6.07) is 4.70. The minimum absolute atomic E-state index is 0.226. The third-order valence-electron chi connectivity index (χ3n) is 1.57. The third-order valence-corrected chi connectivity index (χ3v) is 1.57. The third kappa shape index (κ3) is 2.11. The highest BCUT2D eigenvalue weighted by Gasteiger charge is 2.19. The van der Waals surface area contributed by atoms with Crippen molar-refractivity contribution in [2.45, 2.75) is 5.92 Å². The van der Waals surface area contributed by atoms with Crippen molar-refractivity contribution in [1.82, 2.24) is 0 Å². The van der Waals surface area contributed by atoms with Crippen molar-refractivity contribution in [3.05, 3.63) is 35.6 Å². The quantitative estimate of drug-likeness (QED) is 0.710. The fourth-order valence-corrected chi connectivity index (χ4v) is 0.916. The zero-order chi connectivity index (χ0) is 9.84. The van der Waals surface area contributed by atoms with Crippen molar-refractivity contribution >= 4 is 12.3 Å². The van der Waals surface area contributed by atoms with Crippen LogP contribution >= 0.6 is 0 Å². The van der Waals surface area contributed by atoms with Crippen molar-refractivity contribution in [3.8, 4) is 0 Å². The summed E-state index contributed by atoms with van der Waals surface area (Å²) in [5, 5.41) is 8.54. The first-order valence-corrected chi connectivity index (χ1v) is 3.51. The molecule has 3 nitrogen and oxygen atoms in total. The van der Waals surface area contributed by atoms with Crippen LogP contribution in [-0.4, -0.2) is 17.4 Å². The first kappa shape index (κ1) is 9.38. The van der Waals surface area contributed by atoms with Gasteiger partial charge in [0, 0.05) is 0 Å². The molecule has 1 rings (SSSR count). The zero-order valence-electron chi connectivity index (χ0n) is 6.53. The second kappa shape index (κ2) is 3.80. The van der Waals surface area contributed by atoms with Crippen LogP contribution in [0.5, 0.6) is 0 Å². The lowest BCUT2D eigenvalue weighted by atomic mass is 10.0. The summed E-state index contributed by atoms with van der Waals surface area (Å²) in [7, 11) is 0. The van der Waals surface area contributed by atoms with Crippen LogP contribution in [0.4, 0.5) is 4.39 Å². The molecule has 67 valence electrons. The molecule has 1 radical (unpaired) electrons. The molecule has 0 amide bonds. The molecule has 4 heteroatoms. The lowest BCUT2D eigenvalue weighted by Crippen LogP contribution is -2.12. The predicted molar refractivity (Wildman–Crippen MR) is 42.5 cm³/mol. The van der Waals surface area contributed by atoms with Gasteiger partial charge in [-0.2, -0.15) is 0 Å². The van der Waals surface area contributed by atoms with Gasteiger partial charge in [0.05, 0.1) is 0 Å². The maximum absolute atomic E-state index is 12.4. The molecule has 1 aromatic carbocycles. The van der Waals surface area contributed by atoms with Gasteiger partial charge in [-0.15, -0.1) is 0 Å². The van der Waals surface area contributed by atoms with Crippen molar-refractivity contribution < 1.29 is 19.1 Å². The molecule has 1 N–H and O–H groups in total. The summed E-state index contributed by atoms with van der Waals surface area (Å²) < 4.78 is 12.4. The highest BCUT2D eigenvalue weighted by Crippen LogP contribution is 2.13. The maximum atomic E-state index is 12.4. The summed E-state index contributed by atoms with van der Waals surface area (Å²) in [6.07, 6.45) is 1.37. The van der Waals surface area contributed by atoms with Gasteiger partial charge < -0.3 is 5.11 Å². The number of carboxylic acid groups (broad SMARTS) is 1. The number of benzene rings is 1. The van der Waals surface area contributed by atoms with E-state index in [1.54, 1.807) is 0 Å². The second-order valence-electron chi connectivity index (χ2n) is 2.44. The fourth-order valence-electron chi connectivity index (χ4n) is 0.916. The van der Waals surface area contributed by atoms with E-state index in [9.17, 15) is 14.0 Å². The lowest BCUT2D eigenvalue weighted by molar-refractivity contribution is -0.137. The molecule has 1 aromatic rings. The Labute approximate surface area is 73.8 Å². The minimum Gasteiger partial charge on any atom is -0.480 e. The zero-order valence-corrected chi connectivity index (χ0v) is 6.53. The molecule has 0 saturated carbocycles. The highest BCUT2D eigenvalue weighted by atomic mass is 19.1. The molecule has 0 heterocycles. The molecule has 0 aliphatic rings. The van der Waals surface area contributed by atoms with Gasteiger partial charge in [-0.1, -0.05) is 12.1 Å². The molecule has 1 atom stereocenters. The van der Waals surface area contributed by atoms with Crippen molar-refractivity contribution in [3.63, 3.8) is 0 Å². The van der Waals surface area contributed by atoms with Crippen LogP contribution in [0, 0.1) is 5.82 Å². The summed E-state index contributed by atoms with van der Waals surface area (Å²) in [5.74, 6) is -3.10. The number of carboxylic acids is 1. The minimum atomic E-state index is -1.33. The normalized spacial score (nSPS) is 12.1. The average molecular weight is 181 g/mol. The Morgan fingerprint density at radius 2 is 1.92 bits per heavy atom. The van der Waals surface area contributed by atoms with Crippen LogP contribution in [0.2, 0.25) is 0 Å². The largest absolute Gasteiger partial charge is 0.480 e. The van der Waals surface area contributed by atoms with Crippen molar-refractivity contribution in [2.75, 3.05) is 0 Å². The van der Waals surface area contributed by atoms with E-state index in [-0.39, 0.29) is 5.56 Å². The molecule has 0 saturated heterocycles. The Kier molecular flexibility index (Phi) is 2.74. The van der Waals surface area contributed by atoms with Crippen LogP contribution < -0.4 is 0 Å². The predicted octanol–water partition coefficient (Wildman–Crippen LogP) is 1.10. The number of rotatable bonds is 3. The Bertz CT molecular complexity index is 318. The number of aliphatic carboxylic acids is 1. The van der Waals surface area contributed by atoms with Crippen molar-refractivity contribution in [1.29, 1.82) is 0 Å². The molecule has 0 aliphatic carbocycles. The second-order valence-corrected chi connectivity index (χ2v) is 2.44. The maximum Gasteiger partial charge on any atom is 0.319 e. The molecular formula is C9H6FO3.